The zero-order chi connectivity index (χ0) is 17.3. The molecule has 0 aromatic heterocycles. The molecule has 0 spiro atoms. The van der Waals surface area contributed by atoms with Crippen LogP contribution in [-0.2, 0) is 4.74 Å². The van der Waals surface area contributed by atoms with E-state index in [4.69, 9.17) is 19.9 Å². The molecule has 1 heterocycles. The van der Waals surface area contributed by atoms with Gasteiger partial charge in [0.1, 0.15) is 30.0 Å². The highest BCUT2D eigenvalue weighted by Crippen LogP contribution is 2.48. The maximum atomic E-state index is 14.4. The highest BCUT2D eigenvalue weighted by molar-refractivity contribution is 9.10. The fourth-order valence-corrected chi connectivity index (χ4v) is 2.99. The van der Waals surface area contributed by atoms with E-state index in [-0.39, 0.29) is 12.4 Å². The van der Waals surface area contributed by atoms with Gasteiger partial charge in [0.2, 0.25) is 0 Å². The minimum absolute atomic E-state index is 0.129. The van der Waals surface area contributed by atoms with E-state index in [1.807, 2.05) is 12.1 Å². The summed E-state index contributed by atoms with van der Waals surface area (Å²) in [5, 5.41) is 0. The molecule has 2 aromatic rings. The molecule has 2 aromatic carbocycles. The quantitative estimate of drug-likeness (QED) is 0.632. The molecule has 3 rings (SSSR count). The van der Waals surface area contributed by atoms with Gasteiger partial charge in [0.05, 0.1) is 7.11 Å². The van der Waals surface area contributed by atoms with Crippen molar-refractivity contribution in [2.45, 2.75) is 6.04 Å². The summed E-state index contributed by atoms with van der Waals surface area (Å²) >= 11 is 3.44. The Morgan fingerprint density at radius 3 is 2.79 bits per heavy atom. The van der Waals surface area contributed by atoms with Gasteiger partial charge in [-0.05, 0) is 24.3 Å². The summed E-state index contributed by atoms with van der Waals surface area (Å²) in [7, 11) is 3.01. The fourth-order valence-electron chi connectivity index (χ4n) is 2.61. The number of amidine groups is 1. The number of hydrogen-bond donors (Lipinski definition) is 1. The van der Waals surface area contributed by atoms with Crippen molar-refractivity contribution >= 4 is 21.8 Å². The Balaban J connectivity index is 2.20. The van der Waals surface area contributed by atoms with Gasteiger partial charge in [-0.3, -0.25) is 4.99 Å². The van der Waals surface area contributed by atoms with Gasteiger partial charge < -0.3 is 19.9 Å². The van der Waals surface area contributed by atoms with Crippen LogP contribution in [0.2, 0.25) is 0 Å². The molecule has 5 nitrogen and oxygen atoms in total. The second-order valence-electron chi connectivity index (χ2n) is 5.27. The number of halogens is 2. The average molecular weight is 395 g/mol. The SMILES string of the molecule is COCC(N)=NC1c2cc(Br)ccc2Oc2c(F)cc(OC)cc21. The lowest BCUT2D eigenvalue weighted by Gasteiger charge is -2.27. The molecule has 0 amide bonds. The first kappa shape index (κ1) is 16.7. The van der Waals surface area contributed by atoms with Crippen LogP contribution in [0, 0.1) is 5.82 Å². The number of nitrogens with zero attached hydrogens (tertiary/aromatic N) is 1. The molecular formula is C17H16BrFN2O3. The number of benzene rings is 2. The molecule has 0 aliphatic carbocycles. The van der Waals surface area contributed by atoms with E-state index >= 15 is 0 Å². The third kappa shape index (κ3) is 3.09. The van der Waals surface area contributed by atoms with Crippen molar-refractivity contribution < 1.29 is 18.6 Å². The van der Waals surface area contributed by atoms with Crippen molar-refractivity contribution in [3.63, 3.8) is 0 Å². The summed E-state index contributed by atoms with van der Waals surface area (Å²) in [5.41, 5.74) is 7.26. The van der Waals surface area contributed by atoms with Gasteiger partial charge in [0, 0.05) is 28.8 Å². The predicted molar refractivity (Wildman–Crippen MR) is 92.5 cm³/mol. The molecule has 1 unspecified atom stereocenters. The Kier molecular flexibility index (Phi) is 4.73. The smallest absolute Gasteiger partial charge is 0.169 e. The lowest BCUT2D eigenvalue weighted by atomic mass is 9.94. The van der Waals surface area contributed by atoms with E-state index in [2.05, 4.69) is 20.9 Å². The third-order valence-corrected chi connectivity index (χ3v) is 4.13. The molecule has 126 valence electrons. The Morgan fingerprint density at radius 2 is 2.08 bits per heavy atom. The summed E-state index contributed by atoms with van der Waals surface area (Å²) in [6.07, 6.45) is 0. The van der Waals surface area contributed by atoms with Gasteiger partial charge in [-0.25, -0.2) is 4.39 Å². The summed E-state index contributed by atoms with van der Waals surface area (Å²) in [6, 6.07) is 7.94. The van der Waals surface area contributed by atoms with E-state index in [0.717, 1.165) is 10.0 Å². The first-order chi connectivity index (χ1) is 11.5. The first-order valence-corrected chi connectivity index (χ1v) is 7.98. The summed E-state index contributed by atoms with van der Waals surface area (Å²) in [5.74, 6) is 0.852. The van der Waals surface area contributed by atoms with Crippen molar-refractivity contribution in [1.29, 1.82) is 0 Å². The fraction of sp³-hybridized carbons (Fsp3) is 0.235. The number of fused-ring (bicyclic) bond motifs is 2. The number of aliphatic imine (C=N–C) groups is 1. The monoisotopic (exact) mass is 394 g/mol. The van der Waals surface area contributed by atoms with Crippen molar-refractivity contribution in [2.75, 3.05) is 20.8 Å². The lowest BCUT2D eigenvalue weighted by molar-refractivity contribution is 0.244. The highest BCUT2D eigenvalue weighted by atomic mass is 79.9. The van der Waals surface area contributed by atoms with E-state index in [1.165, 1.54) is 20.3 Å². The van der Waals surface area contributed by atoms with Gasteiger partial charge in [0.15, 0.2) is 11.6 Å². The minimum atomic E-state index is -0.513. The number of nitrogens with two attached hydrogens (primary N) is 1. The Hall–Kier alpha value is -2.12. The summed E-state index contributed by atoms with van der Waals surface area (Å²) in [4.78, 5) is 4.51. The van der Waals surface area contributed by atoms with Crippen LogP contribution in [0.15, 0.2) is 39.8 Å². The van der Waals surface area contributed by atoms with Crippen LogP contribution in [-0.4, -0.2) is 26.7 Å². The molecule has 0 fully saturated rings. The molecule has 0 saturated heterocycles. The second-order valence-corrected chi connectivity index (χ2v) is 6.18. The molecule has 0 radical (unpaired) electrons. The van der Waals surface area contributed by atoms with Crippen LogP contribution >= 0.6 is 15.9 Å². The molecule has 0 bridgehead atoms. The van der Waals surface area contributed by atoms with Gasteiger partial charge in [-0.2, -0.15) is 0 Å². The molecule has 1 atom stereocenters. The Bertz CT molecular complexity index is 811. The van der Waals surface area contributed by atoms with Gasteiger partial charge in [-0.15, -0.1) is 0 Å². The van der Waals surface area contributed by atoms with Gasteiger partial charge >= 0.3 is 0 Å². The molecule has 1 aliphatic heterocycles. The van der Waals surface area contributed by atoms with Crippen molar-refractivity contribution in [3.05, 3.63) is 51.7 Å². The molecule has 1 aliphatic rings. The zero-order valence-corrected chi connectivity index (χ0v) is 14.8. The Morgan fingerprint density at radius 1 is 1.29 bits per heavy atom. The second kappa shape index (κ2) is 6.78. The third-order valence-electron chi connectivity index (χ3n) is 3.64. The van der Waals surface area contributed by atoms with Crippen LogP contribution in [0.5, 0.6) is 17.2 Å². The molecule has 0 saturated carbocycles. The van der Waals surface area contributed by atoms with Crippen LogP contribution in [0.1, 0.15) is 17.2 Å². The van der Waals surface area contributed by atoms with Crippen LogP contribution < -0.4 is 15.2 Å². The summed E-state index contributed by atoms with van der Waals surface area (Å²) < 4.78 is 31.2. The number of methoxy groups -OCH3 is 2. The maximum Gasteiger partial charge on any atom is 0.169 e. The molecule has 2 N–H and O–H groups in total. The number of rotatable bonds is 4. The van der Waals surface area contributed by atoms with Crippen LogP contribution in [0.25, 0.3) is 0 Å². The van der Waals surface area contributed by atoms with E-state index in [1.54, 1.807) is 12.1 Å². The standard InChI is InChI=1S/C17H16BrFN2O3/c1-22-8-15(20)21-16-11-5-9(18)3-4-14(11)24-17-12(16)6-10(23-2)7-13(17)19/h3-7,16H,8H2,1-2H3,(H2,20,21). The van der Waals surface area contributed by atoms with Crippen molar-refractivity contribution in [2.24, 2.45) is 10.7 Å². The molecule has 24 heavy (non-hydrogen) atoms. The van der Waals surface area contributed by atoms with Crippen molar-refractivity contribution in [3.8, 4) is 17.2 Å². The number of ether oxygens (including phenoxy) is 3. The predicted octanol–water partition coefficient (Wildman–Crippen LogP) is 3.80. The van der Waals surface area contributed by atoms with E-state index in [9.17, 15) is 4.39 Å². The van der Waals surface area contributed by atoms with Crippen molar-refractivity contribution in [1.82, 2.24) is 0 Å². The first-order valence-electron chi connectivity index (χ1n) is 7.19. The van der Waals surface area contributed by atoms with Gasteiger partial charge in [0.25, 0.3) is 0 Å². The maximum absolute atomic E-state index is 14.4. The lowest BCUT2D eigenvalue weighted by Crippen LogP contribution is -2.21. The van der Waals surface area contributed by atoms with E-state index in [0.29, 0.717) is 22.9 Å². The molecule has 7 heteroatoms. The van der Waals surface area contributed by atoms with E-state index < -0.39 is 11.9 Å². The largest absolute Gasteiger partial charge is 0.497 e. The Labute approximate surface area is 147 Å². The normalized spacial score (nSPS) is 16.2. The molecular weight excluding hydrogens is 379 g/mol. The van der Waals surface area contributed by atoms with Gasteiger partial charge in [-0.1, -0.05) is 15.9 Å². The minimum Gasteiger partial charge on any atom is -0.497 e. The highest BCUT2D eigenvalue weighted by Gasteiger charge is 2.30. The van der Waals surface area contributed by atoms with Crippen LogP contribution in [0.3, 0.4) is 0 Å². The average Bonchev–Trinajstić information content (AvgIpc) is 2.55. The topological polar surface area (TPSA) is 66.1 Å². The van der Waals surface area contributed by atoms with Crippen LogP contribution in [0.4, 0.5) is 4.39 Å². The zero-order valence-electron chi connectivity index (χ0n) is 13.2. The number of hydrogen-bond acceptors (Lipinski definition) is 4. The summed E-state index contributed by atoms with van der Waals surface area (Å²) in [6.45, 7) is 0.183.